The number of aliphatic hydroxyl groups excluding tert-OH is 1. The molecule has 0 bridgehead atoms. The van der Waals surface area contributed by atoms with Crippen LogP contribution in [0.5, 0.6) is 0 Å². The quantitative estimate of drug-likeness (QED) is 0.120. The SMILES string of the molecule is O=C(Nc1cccc(-c2cccc(NC(=O)c3cc(C4CC4)c(CN4CCCCC4C(=O)O)cn3)c2Cl)c1Cl)c1cc2c(cn1)CN(CCCO)CC2. The van der Waals surface area contributed by atoms with Crippen molar-refractivity contribution in [3.8, 4) is 11.1 Å². The van der Waals surface area contributed by atoms with Crippen LogP contribution in [0.4, 0.5) is 11.4 Å². The van der Waals surface area contributed by atoms with Crippen LogP contribution in [-0.2, 0) is 24.3 Å². The standard InChI is InChI=1S/C40H42Cl2N6O5/c41-36-28(6-3-8-31(36)45-38(50)33-18-25-13-16-47(14-5-17-49)22-26(25)20-43-33)29-7-4-9-32(37(29)42)46-39(51)34-19-30(24-11-12-24)27(21-44-34)23-48-15-2-1-10-35(48)40(52)53/h3-4,6-9,18-21,24,35,49H,1-2,5,10-17,22-23H2,(H,45,50)(H,46,51)(H,52,53). The van der Waals surface area contributed by atoms with Gasteiger partial charge in [-0.1, -0.05) is 53.9 Å². The van der Waals surface area contributed by atoms with Crippen LogP contribution in [0.15, 0.2) is 60.9 Å². The summed E-state index contributed by atoms with van der Waals surface area (Å²) in [7, 11) is 0. The molecular formula is C40H42Cl2N6O5. The van der Waals surface area contributed by atoms with Gasteiger partial charge in [-0.05, 0) is 97.5 Å². The Labute approximate surface area is 318 Å². The number of likely N-dealkylation sites (tertiary alicyclic amines) is 1. The minimum absolute atomic E-state index is 0.159. The summed E-state index contributed by atoms with van der Waals surface area (Å²) < 4.78 is 0. The minimum Gasteiger partial charge on any atom is -0.480 e. The zero-order valence-corrected chi connectivity index (χ0v) is 30.8. The third kappa shape index (κ3) is 8.40. The van der Waals surface area contributed by atoms with Crippen LogP contribution in [0.2, 0.25) is 10.0 Å². The smallest absolute Gasteiger partial charge is 0.320 e. The highest BCUT2D eigenvalue weighted by molar-refractivity contribution is 6.40. The van der Waals surface area contributed by atoms with E-state index >= 15 is 0 Å². The molecule has 2 amide bonds. The van der Waals surface area contributed by atoms with Crippen molar-refractivity contribution in [1.82, 2.24) is 19.8 Å². The molecule has 1 atom stereocenters. The zero-order valence-electron chi connectivity index (χ0n) is 29.3. The number of halogens is 2. The molecule has 1 saturated heterocycles. The molecular weight excluding hydrogens is 715 g/mol. The number of rotatable bonds is 12. The summed E-state index contributed by atoms with van der Waals surface area (Å²) in [5.41, 5.74) is 6.61. The Morgan fingerprint density at radius 3 is 2.13 bits per heavy atom. The number of amides is 2. The number of nitrogens with one attached hydrogen (secondary N) is 2. The van der Waals surface area contributed by atoms with E-state index in [2.05, 4.69) is 25.5 Å². The van der Waals surface area contributed by atoms with E-state index in [0.29, 0.717) is 47.1 Å². The molecule has 1 saturated carbocycles. The van der Waals surface area contributed by atoms with Crippen molar-refractivity contribution in [3.63, 3.8) is 0 Å². The Balaban J connectivity index is 1.06. The van der Waals surface area contributed by atoms with Crippen molar-refractivity contribution in [1.29, 1.82) is 0 Å². The number of carboxylic acid groups (broad SMARTS) is 1. The van der Waals surface area contributed by atoms with Gasteiger partial charge >= 0.3 is 5.97 Å². The molecule has 53 heavy (non-hydrogen) atoms. The molecule has 1 unspecified atom stereocenters. The van der Waals surface area contributed by atoms with Gasteiger partial charge in [0.1, 0.15) is 17.4 Å². The summed E-state index contributed by atoms with van der Waals surface area (Å²) in [6.07, 6.45) is 9.50. The summed E-state index contributed by atoms with van der Waals surface area (Å²) in [5, 5.41) is 25.3. The third-order valence-corrected chi connectivity index (χ3v) is 11.2. The van der Waals surface area contributed by atoms with Crippen molar-refractivity contribution in [2.24, 2.45) is 0 Å². The predicted octanol–water partition coefficient (Wildman–Crippen LogP) is 7.01. The fourth-order valence-electron chi connectivity index (χ4n) is 7.36. The number of piperidine rings is 1. The number of aliphatic carboxylic acids is 1. The third-order valence-electron chi connectivity index (χ3n) is 10.4. The van der Waals surface area contributed by atoms with Gasteiger partial charge in [-0.2, -0.15) is 0 Å². The molecule has 4 aromatic rings. The summed E-state index contributed by atoms with van der Waals surface area (Å²) >= 11 is 13.8. The lowest BCUT2D eigenvalue weighted by atomic mass is 9.99. The second-order valence-electron chi connectivity index (χ2n) is 14.0. The molecule has 2 aromatic carbocycles. The highest BCUT2D eigenvalue weighted by atomic mass is 35.5. The molecule has 13 heteroatoms. The topological polar surface area (TPSA) is 148 Å². The molecule has 3 aliphatic rings. The molecule has 2 aromatic heterocycles. The number of carbonyl (C=O) groups is 3. The van der Waals surface area contributed by atoms with Gasteiger partial charge in [0.15, 0.2) is 0 Å². The summed E-state index contributed by atoms with van der Waals surface area (Å²) in [5.74, 6) is -1.28. The Hall–Kier alpha value is -4.39. The van der Waals surface area contributed by atoms with E-state index in [4.69, 9.17) is 28.3 Å². The first-order chi connectivity index (χ1) is 25.7. The monoisotopic (exact) mass is 756 g/mol. The maximum atomic E-state index is 13.6. The largest absolute Gasteiger partial charge is 0.480 e. The second kappa shape index (κ2) is 16.3. The van der Waals surface area contributed by atoms with E-state index in [1.54, 1.807) is 48.8 Å². The molecule has 0 radical (unpaired) electrons. The summed E-state index contributed by atoms with van der Waals surface area (Å²) in [6, 6.07) is 13.7. The van der Waals surface area contributed by atoms with Crippen molar-refractivity contribution in [3.05, 3.63) is 105 Å². The molecule has 276 valence electrons. The average molecular weight is 758 g/mol. The average Bonchev–Trinajstić information content (AvgIpc) is 4.01. The first-order valence-electron chi connectivity index (χ1n) is 18.2. The number of carboxylic acids is 1. The predicted molar refractivity (Wildman–Crippen MR) is 205 cm³/mol. The van der Waals surface area contributed by atoms with Crippen LogP contribution >= 0.6 is 23.2 Å². The molecule has 11 nitrogen and oxygen atoms in total. The van der Waals surface area contributed by atoms with Crippen molar-refractivity contribution in [2.45, 2.75) is 70.0 Å². The maximum Gasteiger partial charge on any atom is 0.320 e. The van der Waals surface area contributed by atoms with E-state index < -0.39 is 17.9 Å². The number of fused-ring (bicyclic) bond motifs is 1. The lowest BCUT2D eigenvalue weighted by molar-refractivity contribution is -0.144. The second-order valence-corrected chi connectivity index (χ2v) is 14.8. The molecule has 2 fully saturated rings. The van der Waals surface area contributed by atoms with Gasteiger partial charge < -0.3 is 20.8 Å². The Morgan fingerprint density at radius 2 is 1.49 bits per heavy atom. The Kier molecular flexibility index (Phi) is 11.4. The van der Waals surface area contributed by atoms with Gasteiger partial charge in [0.25, 0.3) is 11.8 Å². The Bertz CT molecular complexity index is 2040. The van der Waals surface area contributed by atoms with E-state index in [9.17, 15) is 19.5 Å². The van der Waals surface area contributed by atoms with Crippen molar-refractivity contribution >= 4 is 52.4 Å². The Morgan fingerprint density at radius 1 is 0.830 bits per heavy atom. The van der Waals surface area contributed by atoms with E-state index in [0.717, 1.165) is 87.0 Å². The zero-order chi connectivity index (χ0) is 37.1. The highest BCUT2D eigenvalue weighted by Gasteiger charge is 2.32. The van der Waals surface area contributed by atoms with E-state index in [-0.39, 0.29) is 28.3 Å². The number of hydrogen-bond donors (Lipinski definition) is 4. The van der Waals surface area contributed by atoms with Crippen LogP contribution in [0.1, 0.15) is 87.7 Å². The fraction of sp³-hybridized carbons (Fsp3) is 0.375. The van der Waals surface area contributed by atoms with Crippen LogP contribution < -0.4 is 10.6 Å². The van der Waals surface area contributed by atoms with Crippen molar-refractivity contribution < 1.29 is 24.6 Å². The van der Waals surface area contributed by atoms with E-state index in [1.165, 1.54) is 0 Å². The molecule has 4 N–H and O–H groups in total. The van der Waals surface area contributed by atoms with Gasteiger partial charge in [-0.15, -0.1) is 0 Å². The molecule has 2 aliphatic heterocycles. The number of benzene rings is 2. The van der Waals surface area contributed by atoms with Gasteiger partial charge in [-0.3, -0.25) is 34.2 Å². The first-order valence-corrected chi connectivity index (χ1v) is 18.9. The van der Waals surface area contributed by atoms with E-state index in [1.807, 2.05) is 17.0 Å². The summed E-state index contributed by atoms with van der Waals surface area (Å²) in [6.45, 7) is 3.77. The molecule has 1 aliphatic carbocycles. The van der Waals surface area contributed by atoms with Gasteiger partial charge in [-0.25, -0.2) is 0 Å². The minimum atomic E-state index is -0.801. The van der Waals surface area contributed by atoms with Crippen LogP contribution in [0.25, 0.3) is 11.1 Å². The van der Waals surface area contributed by atoms with Gasteiger partial charge in [0.2, 0.25) is 0 Å². The number of aliphatic hydroxyl groups is 1. The number of nitrogens with zero attached hydrogens (tertiary/aromatic N) is 4. The number of carbonyl (C=O) groups excluding carboxylic acids is 2. The number of hydrogen-bond acceptors (Lipinski definition) is 8. The molecule has 7 rings (SSSR count). The molecule has 0 spiro atoms. The lowest BCUT2D eigenvalue weighted by Crippen LogP contribution is -2.44. The number of anilines is 2. The maximum absolute atomic E-state index is 13.6. The summed E-state index contributed by atoms with van der Waals surface area (Å²) in [4.78, 5) is 52.0. The normalized spacial score (nSPS) is 17.6. The van der Waals surface area contributed by atoms with Crippen molar-refractivity contribution in [2.75, 3.05) is 36.9 Å². The van der Waals surface area contributed by atoms with Gasteiger partial charge in [0.05, 0.1) is 21.4 Å². The molecule has 4 heterocycles. The number of aromatic nitrogens is 2. The van der Waals surface area contributed by atoms with Crippen LogP contribution in [-0.4, -0.2) is 80.0 Å². The fourth-order valence-corrected chi connectivity index (χ4v) is 7.91. The lowest BCUT2D eigenvalue weighted by Gasteiger charge is -2.33. The van der Waals surface area contributed by atoms with Crippen LogP contribution in [0.3, 0.4) is 0 Å². The first kappa shape index (κ1) is 36.9. The highest BCUT2D eigenvalue weighted by Crippen LogP contribution is 2.43. The van der Waals surface area contributed by atoms with Gasteiger partial charge in [0, 0.05) is 56.3 Å². The number of pyridine rings is 2. The van der Waals surface area contributed by atoms with Crippen LogP contribution in [0, 0.1) is 0 Å².